The topological polar surface area (TPSA) is 94.6 Å². The molecule has 70 heavy (non-hydrogen) atoms. The minimum absolute atomic E-state index is 0. The average molecular weight is 996 g/mol. The van der Waals surface area contributed by atoms with Crippen LogP contribution in [0.2, 0.25) is 0 Å². The summed E-state index contributed by atoms with van der Waals surface area (Å²) in [7, 11) is 0. The number of unbranched alkanes of at least 4 members (excludes halogenated alkanes) is 6. The van der Waals surface area contributed by atoms with E-state index < -0.39 is 0 Å². The molecule has 0 amide bonds. The first kappa shape index (κ1) is 79.7. The third-order valence-electron chi connectivity index (χ3n) is 12.0. The molecule has 0 aliphatic carbocycles. The van der Waals surface area contributed by atoms with Crippen LogP contribution >= 0.6 is 0 Å². The Bertz CT molecular complexity index is 1220. The van der Waals surface area contributed by atoms with Gasteiger partial charge >= 0.3 is 0 Å². The molecule has 0 N–H and O–H groups in total. The van der Waals surface area contributed by atoms with Crippen LogP contribution in [0.5, 0.6) is 0 Å². The molecule has 0 aliphatic heterocycles. The largest absolute Gasteiger partial charge is 0.381 e. The van der Waals surface area contributed by atoms with E-state index in [0.717, 1.165) is 94.5 Å². The standard InChI is InChI=1S/C14H28O.C13H26O2.C13H26O.C12H24O.C11H22O.CH4/c1-12(2)10-8-6-7-9-11-13(15)14(3,4)5;1-11(2)8-10-15-9-6-7-12(14)13(3,4)5;1-11(2)9-7-6-8-10-12(14)13(3,4)5;1-10(2)8-6-7-9-11(13)12(3,4)5;1-9(2)7-6-8-10(12)11(3,4)5;/h12H,6-11H2,1-5H3;11H,6-10H2,1-5H3;11H,6-10H2,1-5H3;10H,6-9H2,1-5H3;9H,6-8H2,1-5H3;1H4. The van der Waals surface area contributed by atoms with Crippen LogP contribution in [-0.4, -0.2) is 42.1 Å². The molecule has 0 atom stereocenters. The van der Waals surface area contributed by atoms with E-state index in [0.29, 0.717) is 47.9 Å². The summed E-state index contributed by atoms with van der Waals surface area (Å²) in [6.07, 6.45) is 22.5. The quantitative estimate of drug-likeness (QED) is 0.0693. The number of carbonyl (C=O) groups is 5. The van der Waals surface area contributed by atoms with Crippen molar-refractivity contribution in [1.82, 2.24) is 0 Å². The molecule has 0 aromatic carbocycles. The van der Waals surface area contributed by atoms with Gasteiger partial charge in [-0.05, 0) is 68.1 Å². The van der Waals surface area contributed by atoms with Crippen molar-refractivity contribution in [2.24, 2.45) is 56.7 Å². The molecule has 0 bridgehead atoms. The van der Waals surface area contributed by atoms with Gasteiger partial charge in [-0.1, -0.05) is 245 Å². The highest BCUT2D eigenvalue weighted by Crippen LogP contribution is 2.23. The summed E-state index contributed by atoms with van der Waals surface area (Å²) in [6, 6.07) is 0. The van der Waals surface area contributed by atoms with Gasteiger partial charge in [0.2, 0.25) is 0 Å². The maximum atomic E-state index is 11.6. The molecule has 6 heteroatoms. The fourth-order valence-corrected chi connectivity index (χ4v) is 6.35. The monoisotopic (exact) mass is 995 g/mol. The van der Waals surface area contributed by atoms with Crippen molar-refractivity contribution in [3.63, 3.8) is 0 Å². The Labute approximate surface area is 441 Å². The first-order chi connectivity index (χ1) is 31.2. The van der Waals surface area contributed by atoms with Crippen LogP contribution in [0, 0.1) is 56.7 Å². The first-order valence-corrected chi connectivity index (χ1v) is 28.4. The molecule has 0 radical (unpaired) electrons. The maximum Gasteiger partial charge on any atom is 0.138 e. The first-order valence-electron chi connectivity index (χ1n) is 28.4. The lowest BCUT2D eigenvalue weighted by atomic mass is 9.87. The van der Waals surface area contributed by atoms with Crippen LogP contribution in [0.3, 0.4) is 0 Å². The minimum atomic E-state index is -0.196. The fraction of sp³-hybridized carbons (Fsp3) is 0.922. The Kier molecular flexibility index (Phi) is 49.7. The number of ketones is 5. The van der Waals surface area contributed by atoms with E-state index in [1.54, 1.807) is 0 Å². The van der Waals surface area contributed by atoms with Crippen LogP contribution in [0.4, 0.5) is 0 Å². The molecule has 0 heterocycles. The lowest BCUT2D eigenvalue weighted by Gasteiger charge is -2.16. The zero-order valence-corrected chi connectivity index (χ0v) is 51.6. The second kappa shape index (κ2) is 43.7. The number of hydrogen-bond acceptors (Lipinski definition) is 6. The van der Waals surface area contributed by atoms with Crippen LogP contribution in [-0.2, 0) is 28.7 Å². The Morgan fingerprint density at radius 2 is 0.471 bits per heavy atom. The number of rotatable bonds is 29. The molecule has 0 aromatic heterocycles. The highest BCUT2D eigenvalue weighted by Gasteiger charge is 2.23. The van der Waals surface area contributed by atoms with Crippen LogP contribution < -0.4 is 0 Å². The number of carbonyl (C=O) groups excluding carboxylic acids is 5. The molecule has 422 valence electrons. The molecule has 0 rings (SSSR count). The number of hydrogen-bond donors (Lipinski definition) is 0. The lowest BCUT2D eigenvalue weighted by Crippen LogP contribution is -2.20. The molecule has 6 nitrogen and oxygen atoms in total. The van der Waals surface area contributed by atoms with Gasteiger partial charge in [0.1, 0.15) is 28.9 Å². The van der Waals surface area contributed by atoms with Crippen LogP contribution in [0.25, 0.3) is 0 Å². The van der Waals surface area contributed by atoms with E-state index in [4.69, 9.17) is 4.74 Å². The van der Waals surface area contributed by atoms with Crippen molar-refractivity contribution in [3.05, 3.63) is 0 Å². The highest BCUT2D eigenvalue weighted by molar-refractivity contribution is 5.85. The zero-order chi connectivity index (χ0) is 55.2. The summed E-state index contributed by atoms with van der Waals surface area (Å²) < 4.78 is 5.46. The predicted octanol–water partition coefficient (Wildman–Crippen LogP) is 20.1. The van der Waals surface area contributed by atoms with E-state index >= 15 is 0 Å². The summed E-state index contributed by atoms with van der Waals surface area (Å²) in [5.41, 5.74) is -0.761. The van der Waals surface area contributed by atoms with Crippen LogP contribution in [0.1, 0.15) is 315 Å². The molecule has 0 saturated carbocycles. The summed E-state index contributed by atoms with van der Waals surface area (Å²) in [4.78, 5) is 57.7. The smallest absolute Gasteiger partial charge is 0.138 e. The van der Waals surface area contributed by atoms with Crippen molar-refractivity contribution in [3.8, 4) is 0 Å². The van der Waals surface area contributed by atoms with Gasteiger partial charge in [-0.3, -0.25) is 24.0 Å². The summed E-state index contributed by atoms with van der Waals surface area (Å²) >= 11 is 0. The molecule has 0 aromatic rings. The van der Waals surface area contributed by atoms with Gasteiger partial charge in [-0.25, -0.2) is 0 Å². The maximum absolute atomic E-state index is 11.6. The van der Waals surface area contributed by atoms with E-state index in [-0.39, 0.29) is 34.5 Å². The number of Topliss-reactive ketones (excluding diaryl/α,β-unsaturated/α-hetero) is 5. The molecule has 0 aliphatic rings. The molecular formula is C64H130O6. The van der Waals surface area contributed by atoms with E-state index in [9.17, 15) is 24.0 Å². The summed E-state index contributed by atoms with van der Waals surface area (Å²) in [5, 5.41) is 0. The molecule has 0 spiro atoms. The Hall–Kier alpha value is -1.69. The lowest BCUT2D eigenvalue weighted by molar-refractivity contribution is -0.127. The Balaban J connectivity index is -0.000000183. The van der Waals surface area contributed by atoms with Gasteiger partial charge < -0.3 is 4.74 Å². The Morgan fingerprint density at radius 3 is 0.743 bits per heavy atom. The number of ether oxygens (including phenoxy) is 1. The van der Waals surface area contributed by atoms with Gasteiger partial charge in [-0.15, -0.1) is 0 Å². The van der Waals surface area contributed by atoms with Gasteiger partial charge in [-0.2, -0.15) is 0 Å². The van der Waals surface area contributed by atoms with Gasteiger partial charge in [0.05, 0.1) is 0 Å². The van der Waals surface area contributed by atoms with Crippen molar-refractivity contribution < 1.29 is 28.7 Å². The molecular weight excluding hydrogens is 865 g/mol. The van der Waals surface area contributed by atoms with Crippen LogP contribution in [0.15, 0.2) is 0 Å². The van der Waals surface area contributed by atoms with E-state index in [1.165, 1.54) is 64.2 Å². The van der Waals surface area contributed by atoms with Crippen molar-refractivity contribution in [2.45, 2.75) is 315 Å². The molecule has 0 unspecified atom stereocenters. The van der Waals surface area contributed by atoms with E-state index in [1.807, 2.05) is 104 Å². The zero-order valence-electron chi connectivity index (χ0n) is 51.6. The second-order valence-corrected chi connectivity index (χ2v) is 27.5. The van der Waals surface area contributed by atoms with E-state index in [2.05, 4.69) is 69.2 Å². The average Bonchev–Trinajstić information content (AvgIpc) is 3.17. The predicted molar refractivity (Wildman–Crippen MR) is 311 cm³/mol. The van der Waals surface area contributed by atoms with Crippen molar-refractivity contribution >= 4 is 28.9 Å². The van der Waals surface area contributed by atoms with Gasteiger partial charge in [0, 0.05) is 72.4 Å². The summed E-state index contributed by atoms with van der Waals surface area (Å²) in [6.45, 7) is 53.7. The molecule has 0 saturated heterocycles. The third kappa shape index (κ3) is 62.4. The Morgan fingerprint density at radius 1 is 0.271 bits per heavy atom. The van der Waals surface area contributed by atoms with Gasteiger partial charge in [0.15, 0.2) is 0 Å². The third-order valence-corrected chi connectivity index (χ3v) is 12.0. The normalized spacial score (nSPS) is 12.0. The molecule has 0 fully saturated rings. The highest BCUT2D eigenvalue weighted by atomic mass is 16.5. The van der Waals surface area contributed by atoms with Crippen molar-refractivity contribution in [1.29, 1.82) is 0 Å². The second-order valence-electron chi connectivity index (χ2n) is 27.5. The summed E-state index contributed by atoms with van der Waals surface area (Å²) in [5.74, 6) is 5.74. The SMILES string of the molecule is C.CC(C)CCCC(=O)C(C)(C)C.CC(C)CCCCC(=O)C(C)(C)C.CC(C)CCCCCC(=O)C(C)(C)C.CC(C)CCCCCCC(=O)C(C)(C)C.CC(C)CCOCCCC(=O)C(C)(C)C. The van der Waals surface area contributed by atoms with Gasteiger partial charge in [0.25, 0.3) is 0 Å². The fourth-order valence-electron chi connectivity index (χ4n) is 6.35. The minimum Gasteiger partial charge on any atom is -0.381 e. The van der Waals surface area contributed by atoms with Crippen molar-refractivity contribution in [2.75, 3.05) is 13.2 Å².